The minimum absolute atomic E-state index is 0.0394. The lowest BCUT2D eigenvalue weighted by atomic mass is 10.1. The van der Waals surface area contributed by atoms with Crippen molar-refractivity contribution >= 4 is 21.6 Å². The van der Waals surface area contributed by atoms with Crippen molar-refractivity contribution in [3.63, 3.8) is 0 Å². The van der Waals surface area contributed by atoms with Crippen LogP contribution in [0.15, 0.2) is 47.4 Å². The zero-order valence-corrected chi connectivity index (χ0v) is 16.5. The van der Waals surface area contributed by atoms with Gasteiger partial charge in [0.15, 0.2) is 0 Å². The Bertz CT molecular complexity index is 892. The molecule has 2 aromatic rings. The van der Waals surface area contributed by atoms with E-state index in [1.807, 2.05) is 19.9 Å². The highest BCUT2D eigenvalue weighted by atomic mass is 32.2. The number of amides is 1. The maximum Gasteiger partial charge on any atom is 0.261 e. The molecular formula is C20H26N2O3S. The van der Waals surface area contributed by atoms with Crippen LogP contribution in [0.2, 0.25) is 0 Å². The van der Waals surface area contributed by atoms with E-state index in [-0.39, 0.29) is 16.8 Å². The summed E-state index contributed by atoms with van der Waals surface area (Å²) in [5.41, 5.74) is 2.56. The number of benzene rings is 2. The van der Waals surface area contributed by atoms with E-state index in [0.717, 1.165) is 24.0 Å². The first kappa shape index (κ1) is 20.0. The molecule has 2 aromatic carbocycles. The molecule has 0 aliphatic carbocycles. The lowest BCUT2D eigenvalue weighted by Crippen LogP contribution is -2.33. The van der Waals surface area contributed by atoms with Crippen LogP contribution in [0.4, 0.5) is 5.69 Å². The molecule has 0 aromatic heterocycles. The largest absolute Gasteiger partial charge is 0.350 e. The Balaban J connectivity index is 2.28. The number of carbonyl (C=O) groups is 1. The Morgan fingerprint density at radius 2 is 1.85 bits per heavy atom. The van der Waals surface area contributed by atoms with Crippen LogP contribution in [0.25, 0.3) is 0 Å². The normalized spacial score (nSPS) is 12.5. The number of hydrogen-bond donors (Lipinski definition) is 2. The number of hydrogen-bond acceptors (Lipinski definition) is 3. The third kappa shape index (κ3) is 5.08. The first-order valence-electron chi connectivity index (χ1n) is 8.74. The van der Waals surface area contributed by atoms with Gasteiger partial charge in [0.25, 0.3) is 15.9 Å². The van der Waals surface area contributed by atoms with E-state index < -0.39 is 10.0 Å². The molecule has 0 bridgehead atoms. The standard InChI is InChI=1S/C20H26N2O3S/c1-5-7-16(4)21-20(23)19-13-18(11-10-15(19)3)26(24,25)22-17-9-6-8-14(2)12-17/h6,8-13,16,22H,5,7H2,1-4H3,(H,21,23). The summed E-state index contributed by atoms with van der Waals surface area (Å²) in [6.07, 6.45) is 1.84. The Hall–Kier alpha value is -2.34. The van der Waals surface area contributed by atoms with Crippen LogP contribution in [0, 0.1) is 13.8 Å². The molecule has 0 saturated heterocycles. The molecule has 140 valence electrons. The summed E-state index contributed by atoms with van der Waals surface area (Å²) in [5.74, 6) is -0.254. The van der Waals surface area contributed by atoms with Gasteiger partial charge < -0.3 is 5.32 Å². The van der Waals surface area contributed by atoms with Crippen molar-refractivity contribution < 1.29 is 13.2 Å². The molecular weight excluding hydrogens is 348 g/mol. The first-order valence-corrected chi connectivity index (χ1v) is 10.2. The molecule has 26 heavy (non-hydrogen) atoms. The predicted molar refractivity (Wildman–Crippen MR) is 105 cm³/mol. The molecule has 0 aliphatic rings. The minimum Gasteiger partial charge on any atom is -0.350 e. The SMILES string of the molecule is CCCC(C)NC(=O)c1cc(S(=O)(=O)Nc2cccc(C)c2)ccc1C. The van der Waals surface area contributed by atoms with E-state index in [1.54, 1.807) is 31.2 Å². The van der Waals surface area contributed by atoms with Crippen molar-refractivity contribution in [3.8, 4) is 0 Å². The van der Waals surface area contributed by atoms with Crippen LogP contribution in [0.1, 0.15) is 48.2 Å². The lowest BCUT2D eigenvalue weighted by Gasteiger charge is -2.15. The van der Waals surface area contributed by atoms with Crippen molar-refractivity contribution in [2.75, 3.05) is 4.72 Å². The van der Waals surface area contributed by atoms with Gasteiger partial charge in [-0.2, -0.15) is 0 Å². The topological polar surface area (TPSA) is 75.3 Å². The Kier molecular flexibility index (Phi) is 6.42. The molecule has 2 rings (SSSR count). The number of rotatable bonds is 7. The smallest absolute Gasteiger partial charge is 0.261 e. The van der Waals surface area contributed by atoms with E-state index in [1.165, 1.54) is 12.1 Å². The second-order valence-corrected chi connectivity index (χ2v) is 8.30. The zero-order valence-electron chi connectivity index (χ0n) is 15.7. The summed E-state index contributed by atoms with van der Waals surface area (Å²) >= 11 is 0. The van der Waals surface area contributed by atoms with Crippen LogP contribution in [0.3, 0.4) is 0 Å². The average Bonchev–Trinajstić information content (AvgIpc) is 2.54. The molecule has 1 unspecified atom stereocenters. The number of carbonyl (C=O) groups excluding carboxylic acids is 1. The average molecular weight is 375 g/mol. The fraction of sp³-hybridized carbons (Fsp3) is 0.350. The number of anilines is 1. The predicted octanol–water partition coefficient (Wildman–Crippen LogP) is 4.02. The molecule has 6 heteroatoms. The molecule has 0 radical (unpaired) electrons. The molecule has 5 nitrogen and oxygen atoms in total. The monoisotopic (exact) mass is 374 g/mol. The van der Waals surface area contributed by atoms with E-state index in [4.69, 9.17) is 0 Å². The van der Waals surface area contributed by atoms with Crippen LogP contribution in [-0.4, -0.2) is 20.4 Å². The Labute approximate surface area is 155 Å². The summed E-state index contributed by atoms with van der Waals surface area (Å²) in [5, 5.41) is 2.92. The Morgan fingerprint density at radius 3 is 2.50 bits per heavy atom. The molecule has 0 saturated carbocycles. The van der Waals surface area contributed by atoms with Crippen LogP contribution in [-0.2, 0) is 10.0 Å². The van der Waals surface area contributed by atoms with Crippen LogP contribution < -0.4 is 10.0 Å². The summed E-state index contributed by atoms with van der Waals surface area (Å²) in [7, 11) is -3.77. The molecule has 0 fully saturated rings. The molecule has 1 amide bonds. The molecule has 1 atom stereocenters. The fourth-order valence-electron chi connectivity index (χ4n) is 2.74. The fourth-order valence-corrected chi connectivity index (χ4v) is 3.82. The molecule has 0 aliphatic heterocycles. The number of nitrogens with one attached hydrogen (secondary N) is 2. The maximum atomic E-state index is 12.7. The summed E-state index contributed by atoms with van der Waals surface area (Å²) in [6, 6.07) is 11.8. The van der Waals surface area contributed by atoms with Crippen LogP contribution in [0.5, 0.6) is 0 Å². The van der Waals surface area contributed by atoms with E-state index >= 15 is 0 Å². The van der Waals surface area contributed by atoms with Crippen LogP contribution >= 0.6 is 0 Å². The van der Waals surface area contributed by atoms with Crippen molar-refractivity contribution in [2.24, 2.45) is 0 Å². The van der Waals surface area contributed by atoms with Gasteiger partial charge in [-0.1, -0.05) is 31.5 Å². The molecule has 2 N–H and O–H groups in total. The second kappa shape index (κ2) is 8.36. The van der Waals surface area contributed by atoms with Gasteiger partial charge >= 0.3 is 0 Å². The van der Waals surface area contributed by atoms with Gasteiger partial charge in [-0.25, -0.2) is 8.42 Å². The van der Waals surface area contributed by atoms with Gasteiger partial charge in [0.05, 0.1) is 4.90 Å². The third-order valence-corrected chi connectivity index (χ3v) is 5.51. The van der Waals surface area contributed by atoms with Gasteiger partial charge in [0.1, 0.15) is 0 Å². The Morgan fingerprint density at radius 1 is 1.12 bits per heavy atom. The van der Waals surface area contributed by atoms with E-state index in [9.17, 15) is 13.2 Å². The van der Waals surface area contributed by atoms with E-state index in [2.05, 4.69) is 17.0 Å². The maximum absolute atomic E-state index is 12.7. The van der Waals surface area contributed by atoms with Gasteiger partial charge in [0, 0.05) is 17.3 Å². The van der Waals surface area contributed by atoms with Gasteiger partial charge in [-0.05, 0) is 62.6 Å². The number of aryl methyl sites for hydroxylation is 2. The highest BCUT2D eigenvalue weighted by Gasteiger charge is 2.19. The number of sulfonamides is 1. The minimum atomic E-state index is -3.77. The summed E-state index contributed by atoms with van der Waals surface area (Å²) < 4.78 is 27.9. The van der Waals surface area contributed by atoms with Gasteiger partial charge in [-0.3, -0.25) is 9.52 Å². The van der Waals surface area contributed by atoms with E-state index in [0.29, 0.717) is 11.3 Å². The van der Waals surface area contributed by atoms with Crippen molar-refractivity contribution in [2.45, 2.75) is 51.5 Å². The third-order valence-electron chi connectivity index (χ3n) is 4.13. The quantitative estimate of drug-likeness (QED) is 0.768. The highest BCUT2D eigenvalue weighted by Crippen LogP contribution is 2.20. The van der Waals surface area contributed by atoms with Crippen molar-refractivity contribution in [1.29, 1.82) is 0 Å². The summed E-state index contributed by atoms with van der Waals surface area (Å²) in [4.78, 5) is 12.6. The molecule has 0 spiro atoms. The first-order chi connectivity index (χ1) is 12.2. The summed E-state index contributed by atoms with van der Waals surface area (Å²) in [6.45, 7) is 7.68. The molecule has 0 heterocycles. The second-order valence-electron chi connectivity index (χ2n) is 6.61. The van der Waals surface area contributed by atoms with Crippen molar-refractivity contribution in [3.05, 3.63) is 59.2 Å². The lowest BCUT2D eigenvalue weighted by molar-refractivity contribution is 0.0937. The van der Waals surface area contributed by atoms with Gasteiger partial charge in [0.2, 0.25) is 0 Å². The zero-order chi connectivity index (χ0) is 19.3. The van der Waals surface area contributed by atoms with Gasteiger partial charge in [-0.15, -0.1) is 0 Å². The van der Waals surface area contributed by atoms with Crippen molar-refractivity contribution in [1.82, 2.24) is 5.32 Å². The highest BCUT2D eigenvalue weighted by molar-refractivity contribution is 7.92.